The summed E-state index contributed by atoms with van der Waals surface area (Å²) in [6.07, 6.45) is 3.60. The molecule has 0 saturated heterocycles. The smallest absolute Gasteiger partial charge is 0.270 e. The maximum atomic E-state index is 13.9. The first-order chi connectivity index (χ1) is 15.3. The van der Waals surface area contributed by atoms with Crippen molar-refractivity contribution >= 4 is 33.2 Å². The van der Waals surface area contributed by atoms with Crippen molar-refractivity contribution in [2.45, 2.75) is 32.6 Å². The maximum Gasteiger partial charge on any atom is 0.270 e. The van der Waals surface area contributed by atoms with Gasteiger partial charge in [-0.15, -0.1) is 0 Å². The third-order valence-electron chi connectivity index (χ3n) is 5.26. The SMILES string of the molecule is CCOc1ccc(/C=C/c2nc3ccccc3n2S(=O)(=O)c2c(C)cc(C)cc2C)cc1. The third-order valence-corrected chi connectivity index (χ3v) is 7.29. The number of nitrogens with zero attached hydrogens (tertiary/aromatic N) is 2. The average Bonchev–Trinajstić information content (AvgIpc) is 3.12. The number of rotatable bonds is 6. The lowest BCUT2D eigenvalue weighted by molar-refractivity contribution is 0.340. The number of hydrogen-bond donors (Lipinski definition) is 0. The summed E-state index contributed by atoms with van der Waals surface area (Å²) in [6.45, 7) is 8.18. The number of ether oxygens (including phenoxy) is 1. The van der Waals surface area contributed by atoms with Crippen molar-refractivity contribution in [2.24, 2.45) is 0 Å². The lowest BCUT2D eigenvalue weighted by Gasteiger charge is -2.14. The van der Waals surface area contributed by atoms with Gasteiger partial charge in [0.2, 0.25) is 0 Å². The molecule has 0 N–H and O–H groups in total. The van der Waals surface area contributed by atoms with Crippen LogP contribution in [0.4, 0.5) is 0 Å². The molecule has 0 amide bonds. The second-order valence-corrected chi connectivity index (χ2v) is 9.51. The Morgan fingerprint density at radius 1 is 0.938 bits per heavy atom. The van der Waals surface area contributed by atoms with Gasteiger partial charge in [0, 0.05) is 0 Å². The molecule has 0 radical (unpaired) electrons. The van der Waals surface area contributed by atoms with Gasteiger partial charge in [0.25, 0.3) is 10.0 Å². The fraction of sp³-hybridized carbons (Fsp3) is 0.192. The molecule has 164 valence electrons. The highest BCUT2D eigenvalue weighted by Crippen LogP contribution is 2.29. The van der Waals surface area contributed by atoms with E-state index in [0.717, 1.165) is 28.0 Å². The van der Waals surface area contributed by atoms with Crippen LogP contribution < -0.4 is 4.74 Å². The van der Waals surface area contributed by atoms with Gasteiger partial charge in [-0.25, -0.2) is 17.4 Å². The van der Waals surface area contributed by atoms with Gasteiger partial charge >= 0.3 is 0 Å². The highest BCUT2D eigenvalue weighted by molar-refractivity contribution is 7.90. The van der Waals surface area contributed by atoms with Crippen molar-refractivity contribution in [3.63, 3.8) is 0 Å². The van der Waals surface area contributed by atoms with Crippen molar-refractivity contribution < 1.29 is 13.2 Å². The first-order valence-corrected chi connectivity index (χ1v) is 12.0. The van der Waals surface area contributed by atoms with Crippen molar-refractivity contribution in [3.05, 3.63) is 88.7 Å². The molecule has 0 saturated carbocycles. The minimum atomic E-state index is -3.87. The molecule has 32 heavy (non-hydrogen) atoms. The Labute approximate surface area is 189 Å². The molecular formula is C26H26N2O3S. The molecule has 0 aliphatic rings. The van der Waals surface area contributed by atoms with Gasteiger partial charge in [0.05, 0.1) is 22.5 Å². The number of hydrogen-bond acceptors (Lipinski definition) is 4. The van der Waals surface area contributed by atoms with E-state index in [9.17, 15) is 8.42 Å². The highest BCUT2D eigenvalue weighted by atomic mass is 32.2. The van der Waals surface area contributed by atoms with E-state index in [1.807, 2.05) is 88.4 Å². The van der Waals surface area contributed by atoms with E-state index < -0.39 is 10.0 Å². The van der Waals surface area contributed by atoms with Crippen LogP contribution >= 0.6 is 0 Å². The Kier molecular flexibility index (Phi) is 5.89. The predicted molar refractivity (Wildman–Crippen MR) is 130 cm³/mol. The average molecular weight is 447 g/mol. The molecular weight excluding hydrogens is 420 g/mol. The Hall–Kier alpha value is -3.38. The second kappa shape index (κ2) is 8.63. The zero-order valence-corrected chi connectivity index (χ0v) is 19.5. The summed E-state index contributed by atoms with van der Waals surface area (Å²) in [7, 11) is -3.87. The summed E-state index contributed by atoms with van der Waals surface area (Å²) in [5.74, 6) is 1.16. The zero-order chi connectivity index (χ0) is 22.9. The van der Waals surface area contributed by atoms with Gasteiger partial charge in [-0.3, -0.25) is 0 Å². The van der Waals surface area contributed by atoms with E-state index in [-0.39, 0.29) is 0 Å². The summed E-state index contributed by atoms with van der Waals surface area (Å²) in [4.78, 5) is 4.94. The number of benzene rings is 3. The quantitative estimate of drug-likeness (QED) is 0.377. The maximum absolute atomic E-state index is 13.9. The summed E-state index contributed by atoms with van der Waals surface area (Å²) in [5.41, 5.74) is 4.59. The highest BCUT2D eigenvalue weighted by Gasteiger charge is 2.26. The van der Waals surface area contributed by atoms with Gasteiger partial charge in [0.1, 0.15) is 11.6 Å². The van der Waals surface area contributed by atoms with E-state index in [4.69, 9.17) is 4.74 Å². The lowest BCUT2D eigenvalue weighted by Crippen LogP contribution is -2.17. The molecule has 3 aromatic carbocycles. The van der Waals surface area contributed by atoms with Crippen molar-refractivity contribution in [3.8, 4) is 5.75 Å². The van der Waals surface area contributed by atoms with Gasteiger partial charge < -0.3 is 4.74 Å². The fourth-order valence-electron chi connectivity index (χ4n) is 4.06. The Bertz CT molecular complexity index is 1390. The molecule has 0 aliphatic heterocycles. The molecule has 5 nitrogen and oxygen atoms in total. The van der Waals surface area contributed by atoms with Crippen molar-refractivity contribution in [1.29, 1.82) is 0 Å². The van der Waals surface area contributed by atoms with Crippen LogP contribution in [0.25, 0.3) is 23.2 Å². The molecule has 1 aromatic heterocycles. The molecule has 0 fully saturated rings. The van der Waals surface area contributed by atoms with Crippen LogP contribution in [0, 0.1) is 20.8 Å². The first-order valence-electron chi connectivity index (χ1n) is 10.5. The monoisotopic (exact) mass is 446 g/mol. The van der Waals surface area contributed by atoms with Crippen LogP contribution in [-0.4, -0.2) is 24.0 Å². The predicted octanol–water partition coefficient (Wildman–Crippen LogP) is 5.77. The molecule has 0 spiro atoms. The van der Waals surface area contributed by atoms with Crippen LogP contribution in [0.2, 0.25) is 0 Å². The first kappa shape index (κ1) is 21.8. The van der Waals surface area contributed by atoms with E-state index in [1.54, 1.807) is 12.1 Å². The van der Waals surface area contributed by atoms with Crippen LogP contribution in [0.3, 0.4) is 0 Å². The zero-order valence-electron chi connectivity index (χ0n) is 18.7. The number of imidazole rings is 1. The molecule has 0 atom stereocenters. The van der Waals surface area contributed by atoms with E-state index in [2.05, 4.69) is 4.98 Å². The van der Waals surface area contributed by atoms with Crippen molar-refractivity contribution in [2.75, 3.05) is 6.61 Å². The molecule has 0 unspecified atom stereocenters. The number of fused-ring (bicyclic) bond motifs is 1. The van der Waals surface area contributed by atoms with E-state index in [1.165, 1.54) is 3.97 Å². The van der Waals surface area contributed by atoms with Crippen LogP contribution in [-0.2, 0) is 10.0 Å². The Morgan fingerprint density at radius 3 is 2.25 bits per heavy atom. The van der Waals surface area contributed by atoms with E-state index in [0.29, 0.717) is 28.4 Å². The largest absolute Gasteiger partial charge is 0.494 e. The van der Waals surface area contributed by atoms with Crippen molar-refractivity contribution in [1.82, 2.24) is 8.96 Å². The molecule has 0 bridgehead atoms. The van der Waals surface area contributed by atoms with Gasteiger partial charge in [-0.2, -0.15) is 0 Å². The third kappa shape index (κ3) is 4.06. The minimum Gasteiger partial charge on any atom is -0.494 e. The van der Waals surface area contributed by atoms with Crippen LogP contribution in [0.15, 0.2) is 65.6 Å². The van der Waals surface area contributed by atoms with Gasteiger partial charge in [-0.1, -0.05) is 48.0 Å². The van der Waals surface area contributed by atoms with Crippen LogP contribution in [0.1, 0.15) is 35.0 Å². The number of para-hydroxylation sites is 2. The molecule has 1 heterocycles. The summed E-state index contributed by atoms with van der Waals surface area (Å²) in [5, 5.41) is 0. The molecule has 6 heteroatoms. The van der Waals surface area contributed by atoms with Gasteiger partial charge in [0.15, 0.2) is 0 Å². The molecule has 4 rings (SSSR count). The summed E-state index contributed by atoms with van der Waals surface area (Å²) >= 11 is 0. The normalized spacial score (nSPS) is 12.0. The molecule has 0 aliphatic carbocycles. The fourth-order valence-corrected chi connectivity index (χ4v) is 5.93. The van der Waals surface area contributed by atoms with E-state index >= 15 is 0 Å². The lowest BCUT2D eigenvalue weighted by atomic mass is 10.1. The Morgan fingerprint density at radius 2 is 1.59 bits per heavy atom. The standard InChI is InChI=1S/C26H26N2O3S/c1-5-31-22-13-10-21(11-14-22)12-15-25-27-23-8-6-7-9-24(23)28(25)32(29,30)26-19(3)16-18(2)17-20(26)4/h6-17H,5H2,1-4H3/b15-12+. The summed E-state index contributed by atoms with van der Waals surface area (Å²) in [6, 6.07) is 18.7. The number of aryl methyl sites for hydroxylation is 3. The topological polar surface area (TPSA) is 61.2 Å². The number of aromatic nitrogens is 2. The second-order valence-electron chi connectivity index (χ2n) is 7.79. The Balaban J connectivity index is 1.86. The molecule has 4 aromatic rings. The minimum absolute atomic E-state index is 0.321. The van der Waals surface area contributed by atoms with Crippen LogP contribution in [0.5, 0.6) is 5.75 Å². The van der Waals surface area contributed by atoms with Gasteiger partial charge in [-0.05, 0) is 74.7 Å². The summed E-state index contributed by atoms with van der Waals surface area (Å²) < 4.78 is 34.6.